The first kappa shape index (κ1) is 23.0. The van der Waals surface area contributed by atoms with E-state index in [1.165, 1.54) is 0 Å². The van der Waals surface area contributed by atoms with Crippen molar-refractivity contribution in [1.82, 2.24) is 15.1 Å². The zero-order chi connectivity index (χ0) is 21.8. The van der Waals surface area contributed by atoms with Gasteiger partial charge in [0.1, 0.15) is 12.1 Å². The number of piperazine rings is 1. The monoisotopic (exact) mass is 423 g/mol. The summed E-state index contributed by atoms with van der Waals surface area (Å²) in [5.41, 5.74) is 11.5. The number of hydrogen-bond donors (Lipinski definition) is 3. The predicted octanol–water partition coefficient (Wildman–Crippen LogP) is -0.426. The topological polar surface area (TPSA) is 131 Å². The quantitative estimate of drug-likeness (QED) is 0.509. The maximum absolute atomic E-state index is 13.7. The van der Waals surface area contributed by atoms with Crippen LogP contribution in [0.5, 0.6) is 0 Å². The Balaban J connectivity index is 1.80. The lowest BCUT2D eigenvalue weighted by molar-refractivity contribution is -0.148. The fourth-order valence-corrected chi connectivity index (χ4v) is 5.18. The number of primary amides is 1. The van der Waals surface area contributed by atoms with Crippen molar-refractivity contribution >= 4 is 17.7 Å². The van der Waals surface area contributed by atoms with Gasteiger partial charge in [0.15, 0.2) is 0 Å². The van der Waals surface area contributed by atoms with Gasteiger partial charge in [-0.25, -0.2) is 0 Å². The average molecular weight is 424 g/mol. The molecule has 9 heteroatoms. The van der Waals surface area contributed by atoms with Crippen LogP contribution >= 0.6 is 0 Å². The number of nitrogens with zero attached hydrogens (tertiary/aromatic N) is 2. The van der Waals surface area contributed by atoms with Gasteiger partial charge in [0.05, 0.1) is 12.1 Å². The summed E-state index contributed by atoms with van der Waals surface area (Å²) in [6.07, 6.45) is 5.91. The van der Waals surface area contributed by atoms with Crippen LogP contribution < -0.4 is 16.8 Å². The molecule has 3 fully saturated rings. The van der Waals surface area contributed by atoms with Crippen molar-refractivity contribution < 1.29 is 19.1 Å². The summed E-state index contributed by atoms with van der Waals surface area (Å²) in [6.45, 7) is 5.80. The van der Waals surface area contributed by atoms with Crippen LogP contribution in [0.25, 0.3) is 0 Å². The molecule has 5 atom stereocenters. The van der Waals surface area contributed by atoms with Crippen LogP contribution in [-0.2, 0) is 19.1 Å². The van der Waals surface area contributed by atoms with Crippen molar-refractivity contribution in [3.05, 3.63) is 0 Å². The van der Waals surface area contributed by atoms with E-state index in [9.17, 15) is 14.4 Å². The van der Waals surface area contributed by atoms with Gasteiger partial charge in [0.2, 0.25) is 17.7 Å². The molecular formula is C21H37N5O4. The molecule has 2 heterocycles. The number of carbonyl (C=O) groups is 3. The van der Waals surface area contributed by atoms with Gasteiger partial charge < -0.3 is 26.4 Å². The third-order valence-corrected chi connectivity index (χ3v) is 6.79. The van der Waals surface area contributed by atoms with Gasteiger partial charge in [-0.1, -0.05) is 19.3 Å². The molecule has 0 aromatic heterocycles. The summed E-state index contributed by atoms with van der Waals surface area (Å²) in [6, 6.07) is -1.93. The van der Waals surface area contributed by atoms with Crippen molar-refractivity contribution in [3.63, 3.8) is 0 Å². The number of nitrogens with two attached hydrogens (primary N) is 2. The summed E-state index contributed by atoms with van der Waals surface area (Å²) in [4.78, 5) is 42.1. The highest BCUT2D eigenvalue weighted by Gasteiger charge is 2.46. The second kappa shape index (κ2) is 10.1. The molecule has 2 aliphatic heterocycles. The number of rotatable bonds is 7. The molecule has 1 saturated carbocycles. The summed E-state index contributed by atoms with van der Waals surface area (Å²) in [5, 5.41) is 2.89. The Labute approximate surface area is 178 Å². The number of ether oxygens (including phenoxy) is 1. The minimum atomic E-state index is -0.701. The van der Waals surface area contributed by atoms with Crippen LogP contribution in [0.3, 0.4) is 0 Å². The molecule has 0 radical (unpaired) electrons. The zero-order valence-corrected chi connectivity index (χ0v) is 18.2. The fraction of sp³-hybridized carbons (Fsp3) is 0.857. The van der Waals surface area contributed by atoms with Gasteiger partial charge in [-0.15, -0.1) is 0 Å². The summed E-state index contributed by atoms with van der Waals surface area (Å²) in [7, 11) is 0. The lowest BCUT2D eigenvalue weighted by Gasteiger charge is -2.44. The molecule has 2 saturated heterocycles. The van der Waals surface area contributed by atoms with Crippen molar-refractivity contribution in [2.75, 3.05) is 26.2 Å². The molecule has 5 unspecified atom stereocenters. The van der Waals surface area contributed by atoms with Crippen LogP contribution in [0.15, 0.2) is 0 Å². The van der Waals surface area contributed by atoms with E-state index in [-0.39, 0.29) is 29.9 Å². The SMILES string of the molecule is CCOC1CC2CN(C(=O)C(NC(=O)C(C)N)C3CCCCC3)C(C(N)=O)CN2C1. The second-order valence-corrected chi connectivity index (χ2v) is 9.00. The molecule has 1 aliphatic carbocycles. The first-order chi connectivity index (χ1) is 14.3. The first-order valence-electron chi connectivity index (χ1n) is 11.3. The van der Waals surface area contributed by atoms with E-state index < -0.39 is 24.0 Å². The summed E-state index contributed by atoms with van der Waals surface area (Å²) >= 11 is 0. The molecular weight excluding hydrogens is 386 g/mol. The van der Waals surface area contributed by atoms with E-state index >= 15 is 0 Å². The van der Waals surface area contributed by atoms with Crippen LogP contribution in [0.4, 0.5) is 0 Å². The summed E-state index contributed by atoms with van der Waals surface area (Å²) in [5.74, 6) is -1.01. The maximum Gasteiger partial charge on any atom is 0.246 e. The Morgan fingerprint density at radius 1 is 1.13 bits per heavy atom. The van der Waals surface area contributed by atoms with Crippen LogP contribution in [0, 0.1) is 5.92 Å². The van der Waals surface area contributed by atoms with Gasteiger partial charge in [0, 0.05) is 32.3 Å². The predicted molar refractivity (Wildman–Crippen MR) is 112 cm³/mol. The molecule has 0 bridgehead atoms. The smallest absolute Gasteiger partial charge is 0.246 e. The van der Waals surface area contributed by atoms with E-state index in [4.69, 9.17) is 16.2 Å². The van der Waals surface area contributed by atoms with Gasteiger partial charge in [0.25, 0.3) is 0 Å². The highest BCUT2D eigenvalue weighted by Crippen LogP contribution is 2.31. The van der Waals surface area contributed by atoms with Crippen LogP contribution in [0.2, 0.25) is 0 Å². The Hall–Kier alpha value is -1.71. The van der Waals surface area contributed by atoms with Gasteiger partial charge in [-0.05, 0) is 39.0 Å². The highest BCUT2D eigenvalue weighted by molar-refractivity contribution is 5.93. The Kier molecular flexibility index (Phi) is 7.70. The van der Waals surface area contributed by atoms with Crippen LogP contribution in [-0.4, -0.2) is 84.0 Å². The molecule has 30 heavy (non-hydrogen) atoms. The standard InChI is InChI=1S/C21H37N5O4/c1-3-30-16-9-15-10-26(17(19(23)27)12-25(15)11-16)21(29)18(24-20(28)13(2)22)14-7-5-4-6-8-14/h13-18H,3-12,22H2,1-2H3,(H2,23,27)(H,24,28). The zero-order valence-electron chi connectivity index (χ0n) is 18.2. The Morgan fingerprint density at radius 2 is 1.83 bits per heavy atom. The molecule has 0 aromatic carbocycles. The summed E-state index contributed by atoms with van der Waals surface area (Å²) < 4.78 is 5.78. The normalized spacial score (nSPS) is 29.8. The number of nitrogens with one attached hydrogen (secondary N) is 1. The number of fused-ring (bicyclic) bond motifs is 1. The van der Waals surface area contributed by atoms with E-state index in [1.807, 2.05) is 6.92 Å². The number of hydrogen-bond acceptors (Lipinski definition) is 6. The van der Waals surface area contributed by atoms with Crippen molar-refractivity contribution in [3.8, 4) is 0 Å². The maximum atomic E-state index is 13.7. The lowest BCUT2D eigenvalue weighted by atomic mass is 9.82. The molecule has 5 N–H and O–H groups in total. The number of amides is 3. The molecule has 9 nitrogen and oxygen atoms in total. The van der Waals surface area contributed by atoms with Gasteiger partial charge in [-0.3, -0.25) is 19.3 Å². The van der Waals surface area contributed by atoms with Crippen molar-refractivity contribution in [1.29, 1.82) is 0 Å². The minimum Gasteiger partial charge on any atom is -0.377 e. The fourth-order valence-electron chi connectivity index (χ4n) is 5.18. The molecule has 3 aliphatic rings. The van der Waals surface area contributed by atoms with Crippen molar-refractivity contribution in [2.45, 2.75) is 82.6 Å². The third-order valence-electron chi connectivity index (χ3n) is 6.79. The third kappa shape index (κ3) is 5.12. The van der Waals surface area contributed by atoms with Gasteiger partial charge in [-0.2, -0.15) is 0 Å². The highest BCUT2D eigenvalue weighted by atomic mass is 16.5. The van der Waals surface area contributed by atoms with Gasteiger partial charge >= 0.3 is 0 Å². The largest absolute Gasteiger partial charge is 0.377 e. The molecule has 0 aromatic rings. The van der Waals surface area contributed by atoms with E-state index in [0.717, 1.165) is 45.1 Å². The molecule has 3 amide bonds. The van der Waals surface area contributed by atoms with E-state index in [2.05, 4.69) is 10.2 Å². The Bertz CT molecular complexity index is 637. The molecule has 3 rings (SSSR count). The number of carbonyl (C=O) groups excluding carboxylic acids is 3. The average Bonchev–Trinajstić information content (AvgIpc) is 3.12. The Morgan fingerprint density at radius 3 is 2.43 bits per heavy atom. The molecule has 170 valence electrons. The molecule has 0 spiro atoms. The lowest BCUT2D eigenvalue weighted by Crippen LogP contribution is -2.66. The second-order valence-electron chi connectivity index (χ2n) is 9.00. The van der Waals surface area contributed by atoms with Crippen LogP contribution in [0.1, 0.15) is 52.4 Å². The first-order valence-corrected chi connectivity index (χ1v) is 11.3. The van der Waals surface area contributed by atoms with E-state index in [1.54, 1.807) is 11.8 Å². The van der Waals surface area contributed by atoms with Crippen molar-refractivity contribution in [2.24, 2.45) is 17.4 Å². The van der Waals surface area contributed by atoms with E-state index in [0.29, 0.717) is 19.7 Å². The minimum absolute atomic E-state index is 0.0558.